The van der Waals surface area contributed by atoms with Gasteiger partial charge in [0.25, 0.3) is 5.91 Å². The van der Waals surface area contributed by atoms with Crippen LogP contribution in [0.5, 0.6) is 0 Å². The molecule has 3 heterocycles. The van der Waals surface area contributed by atoms with Crippen molar-refractivity contribution in [1.82, 2.24) is 9.88 Å². The highest BCUT2D eigenvalue weighted by Gasteiger charge is 2.41. The highest BCUT2D eigenvalue weighted by molar-refractivity contribution is 7.17. The zero-order valence-corrected chi connectivity index (χ0v) is 16.6. The van der Waals surface area contributed by atoms with Gasteiger partial charge in [-0.3, -0.25) is 4.79 Å². The molecule has 1 amide bonds. The van der Waals surface area contributed by atoms with E-state index in [2.05, 4.69) is 4.98 Å². The predicted molar refractivity (Wildman–Crippen MR) is 102 cm³/mol. The number of thiazole rings is 1. The maximum absolute atomic E-state index is 13.0. The molecule has 2 fully saturated rings. The summed E-state index contributed by atoms with van der Waals surface area (Å²) in [6.07, 6.45) is 1.39. The van der Waals surface area contributed by atoms with Crippen molar-refractivity contribution >= 4 is 40.4 Å². The number of carbonyl (C=O) groups excluding carboxylic acids is 1. The number of rotatable bonds is 2. The van der Waals surface area contributed by atoms with Gasteiger partial charge in [-0.05, 0) is 19.1 Å². The summed E-state index contributed by atoms with van der Waals surface area (Å²) in [5.41, 5.74) is 1.37. The zero-order valence-electron chi connectivity index (χ0n) is 14.3. The fourth-order valence-corrected chi connectivity index (χ4v) is 5.18. The van der Waals surface area contributed by atoms with Crippen LogP contribution < -0.4 is 0 Å². The Labute approximate surface area is 165 Å². The predicted octanol–water partition coefficient (Wildman–Crippen LogP) is 4.40. The van der Waals surface area contributed by atoms with Crippen LogP contribution in [-0.4, -0.2) is 47.9 Å². The Balaban J connectivity index is 1.55. The summed E-state index contributed by atoms with van der Waals surface area (Å²) in [5, 5.41) is 1.72. The molecular weight excluding hydrogens is 395 g/mol. The van der Waals surface area contributed by atoms with E-state index in [9.17, 15) is 4.79 Å². The van der Waals surface area contributed by atoms with E-state index in [1.54, 1.807) is 18.2 Å². The first kappa shape index (κ1) is 18.2. The topological polar surface area (TPSA) is 51.7 Å². The Kier molecular flexibility index (Phi) is 4.96. The number of halogens is 2. The summed E-state index contributed by atoms with van der Waals surface area (Å²) in [4.78, 5) is 20.0. The second-order valence-corrected chi connectivity index (χ2v) is 8.24. The lowest BCUT2D eigenvalue weighted by Gasteiger charge is -2.37. The molecule has 1 aromatic carbocycles. The number of hydrogen-bond acceptors (Lipinski definition) is 5. The molecule has 0 atom stereocenters. The van der Waals surface area contributed by atoms with E-state index in [0.29, 0.717) is 70.3 Å². The maximum Gasteiger partial charge on any atom is 0.265 e. The van der Waals surface area contributed by atoms with Gasteiger partial charge in [0.1, 0.15) is 9.88 Å². The van der Waals surface area contributed by atoms with E-state index < -0.39 is 5.79 Å². The van der Waals surface area contributed by atoms with E-state index in [1.807, 2.05) is 11.8 Å². The summed E-state index contributed by atoms with van der Waals surface area (Å²) in [5.74, 6) is -0.502. The average molecular weight is 413 g/mol. The second kappa shape index (κ2) is 7.09. The fraction of sp³-hybridized carbons (Fsp3) is 0.444. The number of aromatic nitrogens is 1. The first-order valence-electron chi connectivity index (χ1n) is 8.48. The molecule has 2 aromatic rings. The highest BCUT2D eigenvalue weighted by atomic mass is 35.5. The van der Waals surface area contributed by atoms with E-state index in [1.165, 1.54) is 11.3 Å². The van der Waals surface area contributed by atoms with Gasteiger partial charge in [-0.2, -0.15) is 0 Å². The molecule has 0 unspecified atom stereocenters. The summed E-state index contributed by atoms with van der Waals surface area (Å²) in [7, 11) is 0. The van der Waals surface area contributed by atoms with E-state index >= 15 is 0 Å². The second-order valence-electron chi connectivity index (χ2n) is 6.43. The minimum absolute atomic E-state index is 0.0118. The van der Waals surface area contributed by atoms with Crippen molar-refractivity contribution in [1.29, 1.82) is 0 Å². The number of amides is 1. The van der Waals surface area contributed by atoms with Gasteiger partial charge in [0.2, 0.25) is 0 Å². The molecule has 0 N–H and O–H groups in total. The van der Waals surface area contributed by atoms with Crippen molar-refractivity contribution in [3.63, 3.8) is 0 Å². The first-order chi connectivity index (χ1) is 12.5. The number of aryl methyl sites for hydroxylation is 1. The number of likely N-dealkylation sites (tertiary alicyclic amines) is 1. The minimum atomic E-state index is -0.490. The Morgan fingerprint density at radius 1 is 1.19 bits per heavy atom. The minimum Gasteiger partial charge on any atom is -0.347 e. The third kappa shape index (κ3) is 3.25. The van der Waals surface area contributed by atoms with Crippen molar-refractivity contribution in [2.75, 3.05) is 26.3 Å². The number of hydrogen-bond donors (Lipinski definition) is 0. The first-order valence-corrected chi connectivity index (χ1v) is 10.1. The summed E-state index contributed by atoms with van der Waals surface area (Å²) >= 11 is 13.9. The SMILES string of the molecule is Cc1nc(-c2c(Cl)cccc2Cl)sc1C(=O)N1CCC2(CC1)OCCO2. The van der Waals surface area contributed by atoms with Crippen molar-refractivity contribution in [2.45, 2.75) is 25.6 Å². The number of benzene rings is 1. The van der Waals surface area contributed by atoms with Gasteiger partial charge >= 0.3 is 0 Å². The average Bonchev–Trinajstić information content (AvgIpc) is 3.22. The molecule has 0 saturated carbocycles. The molecule has 26 heavy (non-hydrogen) atoms. The summed E-state index contributed by atoms with van der Waals surface area (Å²) < 4.78 is 11.5. The molecule has 2 aliphatic heterocycles. The van der Waals surface area contributed by atoms with Crippen LogP contribution in [0.4, 0.5) is 0 Å². The molecule has 0 aliphatic carbocycles. The number of carbonyl (C=O) groups is 1. The molecule has 138 valence electrons. The monoisotopic (exact) mass is 412 g/mol. The zero-order chi connectivity index (χ0) is 18.3. The molecule has 8 heteroatoms. The van der Waals surface area contributed by atoms with E-state index in [0.717, 1.165) is 0 Å². The van der Waals surface area contributed by atoms with Crippen molar-refractivity contribution in [2.24, 2.45) is 0 Å². The Hall–Kier alpha value is -1.18. The van der Waals surface area contributed by atoms with Gasteiger partial charge in [-0.1, -0.05) is 29.3 Å². The Morgan fingerprint density at radius 2 is 1.81 bits per heavy atom. The largest absolute Gasteiger partial charge is 0.347 e. The van der Waals surface area contributed by atoms with Gasteiger partial charge in [0.05, 0.1) is 29.0 Å². The molecule has 4 rings (SSSR count). The molecule has 2 aliphatic rings. The third-order valence-electron chi connectivity index (χ3n) is 4.79. The molecule has 0 radical (unpaired) electrons. The van der Waals surface area contributed by atoms with Gasteiger partial charge in [-0.25, -0.2) is 4.98 Å². The van der Waals surface area contributed by atoms with Crippen LogP contribution in [0.3, 0.4) is 0 Å². The van der Waals surface area contributed by atoms with E-state index in [4.69, 9.17) is 32.7 Å². The van der Waals surface area contributed by atoms with Crippen LogP contribution >= 0.6 is 34.5 Å². The lowest BCUT2D eigenvalue weighted by Crippen LogP contribution is -2.47. The standard InChI is InChI=1S/C18H18Cl2N2O3S/c1-11-15(26-16(21-11)14-12(19)3-2-4-13(14)20)17(23)22-7-5-18(6-8-22)24-9-10-25-18/h2-4H,5-10H2,1H3. The summed E-state index contributed by atoms with van der Waals surface area (Å²) in [6, 6.07) is 5.33. The molecule has 2 saturated heterocycles. The lowest BCUT2D eigenvalue weighted by atomic mass is 10.0. The summed E-state index contributed by atoms with van der Waals surface area (Å²) in [6.45, 7) is 4.32. The van der Waals surface area contributed by atoms with Crippen LogP contribution in [0, 0.1) is 6.92 Å². The Bertz CT molecular complexity index is 819. The van der Waals surface area contributed by atoms with Gasteiger partial charge < -0.3 is 14.4 Å². The lowest BCUT2D eigenvalue weighted by molar-refractivity contribution is -0.181. The number of piperidine rings is 1. The van der Waals surface area contributed by atoms with Crippen LogP contribution in [0.15, 0.2) is 18.2 Å². The maximum atomic E-state index is 13.0. The molecule has 0 bridgehead atoms. The van der Waals surface area contributed by atoms with Crippen LogP contribution in [-0.2, 0) is 9.47 Å². The van der Waals surface area contributed by atoms with Crippen molar-refractivity contribution in [3.05, 3.63) is 38.8 Å². The Morgan fingerprint density at radius 3 is 2.42 bits per heavy atom. The third-order valence-corrected chi connectivity index (χ3v) is 6.59. The molecular formula is C18H18Cl2N2O3S. The van der Waals surface area contributed by atoms with Gasteiger partial charge in [0, 0.05) is 31.5 Å². The number of nitrogens with zero attached hydrogens (tertiary/aromatic N) is 2. The van der Waals surface area contributed by atoms with Crippen LogP contribution in [0.25, 0.3) is 10.6 Å². The molecule has 5 nitrogen and oxygen atoms in total. The fourth-order valence-electron chi connectivity index (χ4n) is 3.38. The van der Waals surface area contributed by atoms with E-state index in [-0.39, 0.29) is 5.91 Å². The molecule has 1 aromatic heterocycles. The van der Waals surface area contributed by atoms with Crippen molar-refractivity contribution in [3.8, 4) is 10.6 Å². The highest BCUT2D eigenvalue weighted by Crippen LogP contribution is 2.39. The van der Waals surface area contributed by atoms with Gasteiger partial charge in [0.15, 0.2) is 5.79 Å². The quantitative estimate of drug-likeness (QED) is 0.732. The number of ether oxygens (including phenoxy) is 2. The van der Waals surface area contributed by atoms with Crippen LogP contribution in [0.1, 0.15) is 28.2 Å². The van der Waals surface area contributed by atoms with Crippen LogP contribution in [0.2, 0.25) is 10.0 Å². The normalized spacial score (nSPS) is 19.3. The van der Waals surface area contributed by atoms with Crippen molar-refractivity contribution < 1.29 is 14.3 Å². The molecule has 1 spiro atoms. The van der Waals surface area contributed by atoms with Gasteiger partial charge in [-0.15, -0.1) is 11.3 Å². The smallest absolute Gasteiger partial charge is 0.265 e.